The summed E-state index contributed by atoms with van der Waals surface area (Å²) in [6.07, 6.45) is 3.65. The Kier molecular flexibility index (Phi) is 10.1. The van der Waals surface area contributed by atoms with Crippen LogP contribution in [0.25, 0.3) is 33.6 Å². The third kappa shape index (κ3) is 7.45. The number of hydrogen-bond donors (Lipinski definition) is 0. The number of rotatable bonds is 5. The van der Waals surface area contributed by atoms with E-state index in [0.29, 0.717) is 5.92 Å². The summed E-state index contributed by atoms with van der Waals surface area (Å²) < 4.78 is 0. The SMILES string of the molecule is CC(c1c[c-]c(-c2ccccn2)cc1)c1ccccc1.[Ir].[c-]1ccccc1-c1cc(-c2ccccc2)ccn1. The minimum absolute atomic E-state index is 0. The van der Waals surface area contributed by atoms with E-state index in [9.17, 15) is 0 Å². The largest absolute Gasteiger partial charge is 0.305 e. The van der Waals surface area contributed by atoms with E-state index in [-0.39, 0.29) is 20.1 Å². The van der Waals surface area contributed by atoms with Crippen molar-refractivity contribution in [2.45, 2.75) is 12.8 Å². The van der Waals surface area contributed by atoms with Crippen molar-refractivity contribution in [3.8, 4) is 33.6 Å². The molecule has 3 heteroatoms. The van der Waals surface area contributed by atoms with Crippen molar-refractivity contribution in [3.05, 3.63) is 169 Å². The first-order valence-corrected chi connectivity index (χ1v) is 12.7. The van der Waals surface area contributed by atoms with Gasteiger partial charge in [0.2, 0.25) is 0 Å². The predicted octanol–water partition coefficient (Wildman–Crippen LogP) is 8.91. The van der Waals surface area contributed by atoms with Gasteiger partial charge in [0.05, 0.1) is 0 Å². The van der Waals surface area contributed by atoms with E-state index in [2.05, 4.69) is 89.7 Å². The smallest absolute Gasteiger partial charge is 0.0166 e. The van der Waals surface area contributed by atoms with Crippen LogP contribution in [0, 0.1) is 12.1 Å². The summed E-state index contributed by atoms with van der Waals surface area (Å²) in [5.41, 5.74) is 8.96. The van der Waals surface area contributed by atoms with Crippen LogP contribution in [0.4, 0.5) is 0 Å². The fourth-order valence-corrected chi connectivity index (χ4v) is 4.26. The zero-order valence-electron chi connectivity index (χ0n) is 21.7. The zero-order valence-corrected chi connectivity index (χ0v) is 24.1. The second kappa shape index (κ2) is 14.1. The van der Waals surface area contributed by atoms with Crippen molar-refractivity contribution in [2.24, 2.45) is 0 Å². The van der Waals surface area contributed by atoms with Gasteiger partial charge in [0, 0.05) is 32.5 Å². The van der Waals surface area contributed by atoms with Gasteiger partial charge in [0.1, 0.15) is 0 Å². The molecule has 0 aliphatic heterocycles. The van der Waals surface area contributed by atoms with E-state index in [1.807, 2.05) is 85.2 Å². The molecule has 0 bridgehead atoms. The Balaban J connectivity index is 0.000000177. The molecule has 1 radical (unpaired) electrons. The summed E-state index contributed by atoms with van der Waals surface area (Å²) in [7, 11) is 0. The Hall–Kier alpha value is -4.17. The van der Waals surface area contributed by atoms with Crippen LogP contribution >= 0.6 is 0 Å². The van der Waals surface area contributed by atoms with Gasteiger partial charge in [-0.05, 0) is 46.1 Å². The first kappa shape index (κ1) is 27.9. The Morgan fingerprint density at radius 3 is 1.90 bits per heavy atom. The van der Waals surface area contributed by atoms with Crippen LogP contribution in [0.3, 0.4) is 0 Å². The van der Waals surface area contributed by atoms with Crippen LogP contribution in [0.2, 0.25) is 0 Å². The third-order valence-corrected chi connectivity index (χ3v) is 6.43. The van der Waals surface area contributed by atoms with E-state index >= 15 is 0 Å². The van der Waals surface area contributed by atoms with E-state index in [1.165, 1.54) is 22.3 Å². The van der Waals surface area contributed by atoms with Crippen LogP contribution in [0.1, 0.15) is 24.0 Å². The first-order chi connectivity index (χ1) is 18.8. The fraction of sp³-hybridized carbons (Fsp3) is 0.0556. The van der Waals surface area contributed by atoms with Crippen molar-refractivity contribution < 1.29 is 20.1 Å². The molecular formula is C36H28IrN2-2. The van der Waals surface area contributed by atoms with Crippen LogP contribution in [-0.2, 0) is 20.1 Å². The van der Waals surface area contributed by atoms with E-state index in [0.717, 1.165) is 22.5 Å². The number of pyridine rings is 2. The van der Waals surface area contributed by atoms with Crippen molar-refractivity contribution in [3.63, 3.8) is 0 Å². The van der Waals surface area contributed by atoms with Crippen molar-refractivity contribution in [1.29, 1.82) is 0 Å². The van der Waals surface area contributed by atoms with Crippen LogP contribution in [0.5, 0.6) is 0 Å². The maximum absolute atomic E-state index is 4.40. The van der Waals surface area contributed by atoms with Crippen LogP contribution in [-0.4, -0.2) is 9.97 Å². The zero-order chi connectivity index (χ0) is 26.0. The van der Waals surface area contributed by atoms with E-state index < -0.39 is 0 Å². The second-order valence-corrected chi connectivity index (χ2v) is 8.96. The van der Waals surface area contributed by atoms with Gasteiger partial charge < -0.3 is 9.97 Å². The molecule has 4 aromatic carbocycles. The second-order valence-electron chi connectivity index (χ2n) is 8.96. The first-order valence-electron chi connectivity index (χ1n) is 12.7. The van der Waals surface area contributed by atoms with Gasteiger partial charge in [-0.1, -0.05) is 85.8 Å². The molecule has 0 saturated carbocycles. The molecule has 1 atom stereocenters. The van der Waals surface area contributed by atoms with Crippen molar-refractivity contribution >= 4 is 0 Å². The van der Waals surface area contributed by atoms with Gasteiger partial charge in [0.15, 0.2) is 0 Å². The maximum Gasteiger partial charge on any atom is 0.0166 e. The Labute approximate surface area is 244 Å². The molecule has 0 aliphatic carbocycles. The molecule has 2 aromatic heterocycles. The molecule has 0 spiro atoms. The minimum atomic E-state index is 0. The maximum atomic E-state index is 4.40. The van der Waals surface area contributed by atoms with Gasteiger partial charge >= 0.3 is 0 Å². The number of hydrogen-bond acceptors (Lipinski definition) is 2. The molecule has 2 heterocycles. The molecule has 6 aromatic rings. The molecule has 0 fully saturated rings. The molecule has 6 rings (SSSR count). The number of nitrogens with zero attached hydrogens (tertiary/aromatic N) is 2. The van der Waals surface area contributed by atoms with Crippen LogP contribution < -0.4 is 0 Å². The quantitative estimate of drug-likeness (QED) is 0.170. The summed E-state index contributed by atoms with van der Waals surface area (Å²) in [5, 5.41) is 0. The molecule has 39 heavy (non-hydrogen) atoms. The van der Waals surface area contributed by atoms with Crippen molar-refractivity contribution in [2.75, 3.05) is 0 Å². The molecule has 1 unspecified atom stereocenters. The summed E-state index contributed by atoms with van der Waals surface area (Å²) in [6, 6.07) is 51.7. The van der Waals surface area contributed by atoms with Gasteiger partial charge in [-0.2, -0.15) is 0 Å². The molecule has 193 valence electrons. The number of benzene rings is 4. The summed E-state index contributed by atoms with van der Waals surface area (Å²) >= 11 is 0. The minimum Gasteiger partial charge on any atom is -0.305 e. The number of aromatic nitrogens is 2. The Bertz CT molecular complexity index is 1480. The standard InChI is InChI=1S/C19H16N.C17H12N.Ir/c1-15(16-7-3-2-4-8-16)17-10-12-18(13-11-17)19-9-5-6-14-20-19;1-3-7-14(8-4-1)16-11-12-18-17(13-16)15-9-5-2-6-10-15;/h2-12,14-15H,1H3;1-9,11-13H;/q2*-1;. The average Bonchev–Trinajstić information content (AvgIpc) is 3.03. The fourth-order valence-electron chi connectivity index (χ4n) is 4.26. The predicted molar refractivity (Wildman–Crippen MR) is 156 cm³/mol. The van der Waals surface area contributed by atoms with Gasteiger partial charge in [-0.15, -0.1) is 71.3 Å². The Morgan fingerprint density at radius 2 is 1.23 bits per heavy atom. The van der Waals surface area contributed by atoms with Crippen molar-refractivity contribution in [1.82, 2.24) is 9.97 Å². The Morgan fingerprint density at radius 1 is 0.538 bits per heavy atom. The average molecular weight is 681 g/mol. The van der Waals surface area contributed by atoms with Gasteiger partial charge in [-0.3, -0.25) is 0 Å². The molecule has 2 nitrogen and oxygen atoms in total. The molecule has 0 aliphatic rings. The summed E-state index contributed by atoms with van der Waals surface area (Å²) in [4.78, 5) is 8.75. The molecule has 0 N–H and O–H groups in total. The topological polar surface area (TPSA) is 25.8 Å². The molecule has 0 saturated heterocycles. The molecular weight excluding hydrogens is 653 g/mol. The van der Waals surface area contributed by atoms with E-state index in [4.69, 9.17) is 0 Å². The van der Waals surface area contributed by atoms with Gasteiger partial charge in [-0.25, -0.2) is 0 Å². The van der Waals surface area contributed by atoms with E-state index in [1.54, 1.807) is 0 Å². The molecule has 0 amide bonds. The monoisotopic (exact) mass is 681 g/mol. The van der Waals surface area contributed by atoms with Gasteiger partial charge in [0.25, 0.3) is 0 Å². The van der Waals surface area contributed by atoms with Crippen LogP contribution in [0.15, 0.2) is 146 Å². The summed E-state index contributed by atoms with van der Waals surface area (Å²) in [6.45, 7) is 2.22. The normalized spacial score (nSPS) is 10.9. The summed E-state index contributed by atoms with van der Waals surface area (Å²) in [5.74, 6) is 0.380. The third-order valence-electron chi connectivity index (χ3n) is 6.43.